The van der Waals surface area contributed by atoms with Crippen LogP contribution in [0.25, 0.3) is 11.4 Å². The average molecular weight is 448 g/mol. The number of fused-ring (bicyclic) bond motifs is 1. The first kappa shape index (κ1) is 20.8. The highest BCUT2D eigenvalue weighted by molar-refractivity contribution is 6.30. The molecule has 0 radical (unpaired) electrons. The van der Waals surface area contributed by atoms with Crippen molar-refractivity contribution in [2.75, 3.05) is 24.3 Å². The number of hydrogen-bond donors (Lipinski definition) is 1. The van der Waals surface area contributed by atoms with E-state index in [4.69, 9.17) is 21.7 Å². The minimum Gasteiger partial charge on any atom is -0.378 e. The zero-order valence-corrected chi connectivity index (χ0v) is 19.4. The maximum Gasteiger partial charge on any atom is 0.226 e. The molecule has 0 amide bonds. The minimum atomic E-state index is -0.329. The molecular weight excluding hydrogens is 422 g/mol. The quantitative estimate of drug-likeness (QED) is 0.588. The average Bonchev–Trinajstić information content (AvgIpc) is 3.16. The van der Waals surface area contributed by atoms with Crippen molar-refractivity contribution in [3.8, 4) is 11.4 Å². The number of halogens is 1. The number of allylic oxidation sites excluding steroid dienone is 2. The molecule has 3 aromatic rings. The van der Waals surface area contributed by atoms with Crippen molar-refractivity contribution in [1.82, 2.24) is 14.8 Å². The maximum absolute atomic E-state index is 13.3. The number of benzene rings is 2. The summed E-state index contributed by atoms with van der Waals surface area (Å²) in [5, 5.41) is 8.94. The molecule has 1 aliphatic heterocycles. The summed E-state index contributed by atoms with van der Waals surface area (Å²) < 4.78 is 1.84. The molecule has 0 saturated heterocycles. The van der Waals surface area contributed by atoms with Crippen LogP contribution in [-0.4, -0.2) is 34.6 Å². The fraction of sp³-hybridized carbons (Fsp3) is 0.320. The summed E-state index contributed by atoms with van der Waals surface area (Å²) in [6, 6.07) is 15.5. The summed E-state index contributed by atoms with van der Waals surface area (Å²) in [6.45, 7) is 4.26. The largest absolute Gasteiger partial charge is 0.378 e. The van der Waals surface area contributed by atoms with Crippen molar-refractivity contribution >= 4 is 29.0 Å². The lowest BCUT2D eigenvalue weighted by molar-refractivity contribution is -0.118. The third kappa shape index (κ3) is 3.58. The Morgan fingerprint density at radius 1 is 1.06 bits per heavy atom. The number of Topliss-reactive ketones (excluding diaryl/α,β-unsaturated/α-hetero) is 1. The fourth-order valence-corrected chi connectivity index (χ4v) is 4.72. The van der Waals surface area contributed by atoms with Crippen LogP contribution in [0.2, 0.25) is 5.02 Å². The number of carbonyl (C=O) groups excluding carboxylic acids is 1. The molecule has 1 atom stereocenters. The van der Waals surface area contributed by atoms with E-state index in [1.165, 1.54) is 0 Å². The molecule has 0 saturated carbocycles. The Kier molecular flexibility index (Phi) is 4.86. The van der Waals surface area contributed by atoms with Crippen LogP contribution in [0, 0.1) is 5.41 Å². The monoisotopic (exact) mass is 447 g/mol. The molecule has 1 aromatic heterocycles. The van der Waals surface area contributed by atoms with Gasteiger partial charge < -0.3 is 10.2 Å². The van der Waals surface area contributed by atoms with Crippen LogP contribution in [0.5, 0.6) is 0 Å². The van der Waals surface area contributed by atoms with E-state index in [2.05, 4.69) is 36.2 Å². The van der Waals surface area contributed by atoms with Crippen LogP contribution in [0.1, 0.15) is 38.3 Å². The number of aromatic nitrogens is 3. The van der Waals surface area contributed by atoms with Gasteiger partial charge in [0.25, 0.3) is 0 Å². The van der Waals surface area contributed by atoms with Crippen LogP contribution in [0.4, 0.5) is 11.6 Å². The van der Waals surface area contributed by atoms with Crippen LogP contribution >= 0.6 is 11.6 Å². The van der Waals surface area contributed by atoms with Gasteiger partial charge in [0.2, 0.25) is 5.95 Å². The van der Waals surface area contributed by atoms with E-state index in [9.17, 15) is 4.79 Å². The molecule has 1 aliphatic carbocycles. The molecule has 164 valence electrons. The van der Waals surface area contributed by atoms with E-state index in [1.54, 1.807) is 0 Å². The SMILES string of the molecule is CN(C)c1ccc(-c2nc3n(n2)[C@H](c2ccc(Cl)cc2)C2=C(CC(C)(C)CC2=O)N3)cc1. The molecule has 0 unspecified atom stereocenters. The molecule has 2 aliphatic rings. The number of anilines is 2. The van der Waals surface area contributed by atoms with Crippen LogP contribution < -0.4 is 10.2 Å². The first-order valence-electron chi connectivity index (χ1n) is 10.7. The van der Waals surface area contributed by atoms with Crippen molar-refractivity contribution in [1.29, 1.82) is 0 Å². The molecule has 5 rings (SSSR count). The molecule has 2 aromatic carbocycles. The second-order valence-electron chi connectivity index (χ2n) is 9.56. The van der Waals surface area contributed by atoms with Gasteiger partial charge in [0.05, 0.1) is 0 Å². The molecule has 0 bridgehead atoms. The molecule has 0 spiro atoms. The van der Waals surface area contributed by atoms with Gasteiger partial charge in [-0.3, -0.25) is 4.79 Å². The smallest absolute Gasteiger partial charge is 0.226 e. The van der Waals surface area contributed by atoms with E-state index in [1.807, 2.05) is 55.2 Å². The van der Waals surface area contributed by atoms with E-state index in [-0.39, 0.29) is 17.2 Å². The Balaban J connectivity index is 1.63. The van der Waals surface area contributed by atoms with Crippen molar-refractivity contribution < 1.29 is 4.79 Å². The number of nitrogens with zero attached hydrogens (tertiary/aromatic N) is 4. The van der Waals surface area contributed by atoms with Gasteiger partial charge in [0, 0.05) is 48.1 Å². The second-order valence-corrected chi connectivity index (χ2v) is 9.99. The summed E-state index contributed by atoms with van der Waals surface area (Å²) in [4.78, 5) is 20.2. The van der Waals surface area contributed by atoms with Gasteiger partial charge >= 0.3 is 0 Å². The number of rotatable bonds is 3. The predicted octanol–water partition coefficient (Wildman–Crippen LogP) is 5.32. The van der Waals surface area contributed by atoms with Crippen LogP contribution in [-0.2, 0) is 4.79 Å². The summed E-state index contributed by atoms with van der Waals surface area (Å²) >= 11 is 6.14. The Labute approximate surface area is 192 Å². The first-order chi connectivity index (χ1) is 15.2. The number of hydrogen-bond acceptors (Lipinski definition) is 5. The summed E-state index contributed by atoms with van der Waals surface area (Å²) in [5.74, 6) is 1.44. The van der Waals surface area contributed by atoms with E-state index in [0.717, 1.165) is 34.5 Å². The molecular formula is C25H26ClN5O. The molecule has 6 nitrogen and oxygen atoms in total. The lowest BCUT2D eigenvalue weighted by atomic mass is 9.73. The minimum absolute atomic E-state index is 0.0967. The normalized spacial score (nSPS) is 19.3. The second kappa shape index (κ2) is 7.48. The van der Waals surface area contributed by atoms with Gasteiger partial charge in [-0.05, 0) is 53.8 Å². The van der Waals surface area contributed by atoms with Gasteiger partial charge in [-0.15, -0.1) is 5.10 Å². The van der Waals surface area contributed by atoms with E-state index >= 15 is 0 Å². The Bertz CT molecular complexity index is 1220. The van der Waals surface area contributed by atoms with Crippen LogP contribution in [0.3, 0.4) is 0 Å². The lowest BCUT2D eigenvalue weighted by Crippen LogP contribution is -2.36. The van der Waals surface area contributed by atoms with Crippen molar-refractivity contribution in [2.24, 2.45) is 5.41 Å². The lowest BCUT2D eigenvalue weighted by Gasteiger charge is -2.38. The summed E-state index contributed by atoms with van der Waals surface area (Å²) in [6.07, 6.45) is 1.30. The van der Waals surface area contributed by atoms with Gasteiger partial charge in [-0.25, -0.2) is 4.68 Å². The van der Waals surface area contributed by atoms with Gasteiger partial charge in [0.15, 0.2) is 11.6 Å². The fourth-order valence-electron chi connectivity index (χ4n) is 4.59. The zero-order valence-electron chi connectivity index (χ0n) is 18.7. The standard InChI is InChI=1S/C25H26ClN5O/c1-25(2)13-19-21(20(32)14-25)22(15-5-9-17(26)10-6-15)31-24(27-19)28-23(29-31)16-7-11-18(12-8-16)30(3)4/h5-12,22H,13-14H2,1-4H3,(H,27,28,29)/t22-/m1/s1. The predicted molar refractivity (Wildman–Crippen MR) is 128 cm³/mol. The molecule has 0 fully saturated rings. The third-order valence-electron chi connectivity index (χ3n) is 6.16. The number of nitrogens with one attached hydrogen (secondary N) is 1. The van der Waals surface area contributed by atoms with Crippen LogP contribution in [0.15, 0.2) is 59.8 Å². The molecule has 7 heteroatoms. The maximum atomic E-state index is 13.3. The molecule has 1 N–H and O–H groups in total. The van der Waals surface area contributed by atoms with Gasteiger partial charge in [0.1, 0.15) is 6.04 Å². The summed E-state index contributed by atoms with van der Waals surface area (Å²) in [7, 11) is 4.02. The highest BCUT2D eigenvalue weighted by Gasteiger charge is 2.41. The Morgan fingerprint density at radius 3 is 2.41 bits per heavy atom. The third-order valence-corrected chi connectivity index (χ3v) is 6.41. The molecule has 32 heavy (non-hydrogen) atoms. The van der Waals surface area contributed by atoms with E-state index in [0.29, 0.717) is 23.2 Å². The number of carbonyl (C=O) groups is 1. The summed E-state index contributed by atoms with van der Waals surface area (Å²) in [5.41, 5.74) is 4.63. The van der Waals surface area contributed by atoms with Crippen molar-refractivity contribution in [3.05, 3.63) is 70.4 Å². The Morgan fingerprint density at radius 2 is 1.75 bits per heavy atom. The van der Waals surface area contributed by atoms with E-state index < -0.39 is 0 Å². The highest BCUT2D eigenvalue weighted by atomic mass is 35.5. The van der Waals surface area contributed by atoms with Crippen molar-refractivity contribution in [2.45, 2.75) is 32.7 Å². The number of ketones is 1. The van der Waals surface area contributed by atoms with Gasteiger partial charge in [-0.2, -0.15) is 4.98 Å². The van der Waals surface area contributed by atoms with Gasteiger partial charge in [-0.1, -0.05) is 37.6 Å². The molecule has 2 heterocycles. The highest BCUT2D eigenvalue weighted by Crippen LogP contribution is 2.45. The Hall–Kier alpha value is -3.12. The zero-order chi connectivity index (χ0) is 22.6. The first-order valence-corrected chi connectivity index (χ1v) is 11.1. The topological polar surface area (TPSA) is 63.1 Å². The van der Waals surface area contributed by atoms with Crippen molar-refractivity contribution in [3.63, 3.8) is 0 Å².